The number of rotatable bonds is 6. The summed E-state index contributed by atoms with van der Waals surface area (Å²) in [5.41, 5.74) is 0.499. The summed E-state index contributed by atoms with van der Waals surface area (Å²) < 4.78 is 37.0. The lowest BCUT2D eigenvalue weighted by Gasteiger charge is -2.13. The standard InChI is InChI=1S/C20H21F3N4O3/c1-12(2)25-19(30)26-14-7-5-6-13(10-14)17(28)27-16-9-4-3-8-15(16)18(29)24-11-20(21,22)23/h3-10,12H,11H2,1-2H3,(H,24,29)(H,27,28)(H2,25,26,30). The van der Waals surface area contributed by atoms with Crippen LogP contribution in [0.5, 0.6) is 0 Å². The second-order valence-electron chi connectivity index (χ2n) is 6.63. The molecule has 0 aliphatic rings. The Balaban J connectivity index is 2.12. The third-order valence-electron chi connectivity index (χ3n) is 3.67. The number of hydrogen-bond donors (Lipinski definition) is 4. The van der Waals surface area contributed by atoms with Crippen LogP contribution in [0.3, 0.4) is 0 Å². The number of para-hydroxylation sites is 1. The Hall–Kier alpha value is -3.56. The summed E-state index contributed by atoms with van der Waals surface area (Å²) >= 11 is 0. The number of carbonyl (C=O) groups is 3. The predicted octanol–water partition coefficient (Wildman–Crippen LogP) is 3.76. The maximum Gasteiger partial charge on any atom is 0.405 e. The van der Waals surface area contributed by atoms with E-state index in [1.165, 1.54) is 36.4 Å². The molecule has 0 atom stereocenters. The van der Waals surface area contributed by atoms with Gasteiger partial charge in [-0.05, 0) is 44.2 Å². The van der Waals surface area contributed by atoms with Crippen LogP contribution in [0.1, 0.15) is 34.6 Å². The largest absolute Gasteiger partial charge is 0.405 e. The van der Waals surface area contributed by atoms with Crippen LogP contribution in [0.2, 0.25) is 0 Å². The van der Waals surface area contributed by atoms with E-state index in [0.29, 0.717) is 5.69 Å². The van der Waals surface area contributed by atoms with E-state index in [-0.39, 0.29) is 22.9 Å². The molecular weight excluding hydrogens is 401 g/mol. The smallest absolute Gasteiger partial charge is 0.343 e. The van der Waals surface area contributed by atoms with E-state index in [9.17, 15) is 27.6 Å². The van der Waals surface area contributed by atoms with Gasteiger partial charge in [0.05, 0.1) is 11.3 Å². The van der Waals surface area contributed by atoms with E-state index in [1.54, 1.807) is 31.3 Å². The van der Waals surface area contributed by atoms with Crippen molar-refractivity contribution in [3.63, 3.8) is 0 Å². The zero-order valence-corrected chi connectivity index (χ0v) is 16.3. The number of carbonyl (C=O) groups excluding carboxylic acids is 3. The first-order valence-electron chi connectivity index (χ1n) is 8.98. The Morgan fingerprint density at radius 1 is 0.933 bits per heavy atom. The van der Waals surface area contributed by atoms with Crippen LogP contribution in [0.25, 0.3) is 0 Å². The average Bonchev–Trinajstić information content (AvgIpc) is 2.65. The van der Waals surface area contributed by atoms with Crippen LogP contribution in [0.15, 0.2) is 48.5 Å². The van der Waals surface area contributed by atoms with Gasteiger partial charge in [-0.15, -0.1) is 0 Å². The summed E-state index contributed by atoms with van der Waals surface area (Å²) in [6.45, 7) is 2.11. The molecule has 4 N–H and O–H groups in total. The second-order valence-corrected chi connectivity index (χ2v) is 6.63. The summed E-state index contributed by atoms with van der Waals surface area (Å²) in [5, 5.41) is 9.52. The first kappa shape index (κ1) is 22.7. The molecule has 10 heteroatoms. The van der Waals surface area contributed by atoms with E-state index >= 15 is 0 Å². The summed E-state index contributed by atoms with van der Waals surface area (Å²) in [6, 6.07) is 11.3. The van der Waals surface area contributed by atoms with E-state index in [4.69, 9.17) is 0 Å². The molecule has 0 saturated carbocycles. The quantitative estimate of drug-likeness (QED) is 0.570. The molecule has 2 aromatic carbocycles. The highest BCUT2D eigenvalue weighted by atomic mass is 19.4. The number of anilines is 2. The molecule has 0 aliphatic carbocycles. The molecule has 0 unspecified atom stereocenters. The van der Waals surface area contributed by atoms with E-state index in [0.717, 1.165) is 0 Å². The fraction of sp³-hybridized carbons (Fsp3) is 0.250. The zero-order chi connectivity index (χ0) is 22.3. The fourth-order valence-corrected chi connectivity index (χ4v) is 2.43. The molecule has 7 nitrogen and oxygen atoms in total. The van der Waals surface area contributed by atoms with E-state index in [1.807, 2.05) is 0 Å². The molecule has 2 aromatic rings. The van der Waals surface area contributed by atoms with Crippen LogP contribution in [-0.2, 0) is 0 Å². The summed E-state index contributed by atoms with van der Waals surface area (Å²) in [6.07, 6.45) is -4.55. The average molecular weight is 422 g/mol. The zero-order valence-electron chi connectivity index (χ0n) is 16.3. The number of nitrogens with one attached hydrogen (secondary N) is 4. The number of hydrogen-bond acceptors (Lipinski definition) is 3. The number of alkyl halides is 3. The van der Waals surface area contributed by atoms with Crippen molar-refractivity contribution < 1.29 is 27.6 Å². The minimum atomic E-state index is -4.55. The summed E-state index contributed by atoms with van der Waals surface area (Å²) in [5.74, 6) is -1.57. The maximum absolute atomic E-state index is 12.6. The highest BCUT2D eigenvalue weighted by Gasteiger charge is 2.28. The van der Waals surface area contributed by atoms with Gasteiger partial charge < -0.3 is 21.3 Å². The monoisotopic (exact) mass is 422 g/mol. The molecule has 0 spiro atoms. The van der Waals surface area contributed by atoms with Crippen molar-refractivity contribution in [2.24, 2.45) is 0 Å². The van der Waals surface area contributed by atoms with Gasteiger partial charge in [0.1, 0.15) is 6.54 Å². The third-order valence-corrected chi connectivity index (χ3v) is 3.67. The van der Waals surface area contributed by atoms with Gasteiger partial charge in [-0.1, -0.05) is 18.2 Å². The van der Waals surface area contributed by atoms with E-state index in [2.05, 4.69) is 16.0 Å². The van der Waals surface area contributed by atoms with E-state index < -0.39 is 30.6 Å². The molecule has 4 amide bonds. The minimum absolute atomic E-state index is 0.0538. The topological polar surface area (TPSA) is 99.3 Å². The Morgan fingerprint density at radius 3 is 2.30 bits per heavy atom. The first-order chi connectivity index (χ1) is 14.0. The molecule has 30 heavy (non-hydrogen) atoms. The fourth-order valence-electron chi connectivity index (χ4n) is 2.43. The molecule has 0 fully saturated rings. The summed E-state index contributed by atoms with van der Waals surface area (Å²) in [4.78, 5) is 36.4. The van der Waals surface area contributed by atoms with Gasteiger partial charge in [-0.3, -0.25) is 9.59 Å². The van der Waals surface area contributed by atoms with Gasteiger partial charge in [-0.25, -0.2) is 4.79 Å². The molecule has 0 saturated heterocycles. The van der Waals surface area contributed by atoms with Gasteiger partial charge in [0.2, 0.25) is 0 Å². The van der Waals surface area contributed by atoms with Crippen molar-refractivity contribution in [1.82, 2.24) is 10.6 Å². The minimum Gasteiger partial charge on any atom is -0.343 e. The highest BCUT2D eigenvalue weighted by Crippen LogP contribution is 2.19. The second kappa shape index (κ2) is 9.77. The molecule has 0 aromatic heterocycles. The maximum atomic E-state index is 12.6. The van der Waals surface area contributed by atoms with Crippen molar-refractivity contribution in [3.8, 4) is 0 Å². The summed E-state index contributed by atoms with van der Waals surface area (Å²) in [7, 11) is 0. The number of benzene rings is 2. The van der Waals surface area contributed by atoms with Gasteiger partial charge in [0, 0.05) is 17.3 Å². The van der Waals surface area contributed by atoms with Crippen molar-refractivity contribution in [1.29, 1.82) is 0 Å². The molecule has 2 rings (SSSR count). The molecular formula is C20H21F3N4O3. The van der Waals surface area contributed by atoms with Crippen molar-refractivity contribution in [2.75, 3.05) is 17.2 Å². The Labute approximate surface area is 171 Å². The normalized spacial score (nSPS) is 11.0. The van der Waals surface area contributed by atoms with Gasteiger partial charge in [0.25, 0.3) is 11.8 Å². The SMILES string of the molecule is CC(C)NC(=O)Nc1cccc(C(=O)Nc2ccccc2C(=O)NCC(F)(F)F)c1. The first-order valence-corrected chi connectivity index (χ1v) is 8.98. The third kappa shape index (κ3) is 7.12. The Kier molecular flexibility index (Phi) is 7.40. The van der Waals surface area contributed by atoms with Crippen LogP contribution < -0.4 is 21.3 Å². The van der Waals surface area contributed by atoms with Crippen LogP contribution >= 0.6 is 0 Å². The number of halogens is 3. The lowest BCUT2D eigenvalue weighted by Crippen LogP contribution is -2.34. The van der Waals surface area contributed by atoms with Gasteiger partial charge in [-0.2, -0.15) is 13.2 Å². The van der Waals surface area contributed by atoms with Gasteiger partial charge >= 0.3 is 12.2 Å². The number of urea groups is 1. The molecule has 160 valence electrons. The van der Waals surface area contributed by atoms with Gasteiger partial charge in [0.15, 0.2) is 0 Å². The molecule has 0 radical (unpaired) electrons. The van der Waals surface area contributed by atoms with Crippen molar-refractivity contribution in [3.05, 3.63) is 59.7 Å². The van der Waals surface area contributed by atoms with Crippen molar-refractivity contribution >= 4 is 29.2 Å². The number of amides is 4. The van der Waals surface area contributed by atoms with Crippen molar-refractivity contribution in [2.45, 2.75) is 26.1 Å². The lowest BCUT2D eigenvalue weighted by molar-refractivity contribution is -0.123. The van der Waals surface area contributed by atoms with Crippen LogP contribution in [0, 0.1) is 0 Å². The van der Waals surface area contributed by atoms with Crippen LogP contribution in [0.4, 0.5) is 29.3 Å². The molecule has 0 aliphatic heterocycles. The highest BCUT2D eigenvalue weighted by molar-refractivity contribution is 6.09. The lowest BCUT2D eigenvalue weighted by atomic mass is 10.1. The van der Waals surface area contributed by atoms with Crippen LogP contribution in [-0.4, -0.2) is 36.6 Å². The molecule has 0 heterocycles. The predicted molar refractivity (Wildman–Crippen MR) is 107 cm³/mol. The Morgan fingerprint density at radius 2 is 1.63 bits per heavy atom. The molecule has 0 bridgehead atoms. The Bertz CT molecular complexity index is 930.